The Morgan fingerprint density at radius 2 is 2.00 bits per heavy atom. The lowest BCUT2D eigenvalue weighted by Crippen LogP contribution is -2.41. The van der Waals surface area contributed by atoms with Gasteiger partial charge in [-0.15, -0.1) is 12.3 Å². The minimum Gasteiger partial charge on any atom is -0.480 e. The zero-order valence-corrected chi connectivity index (χ0v) is 12.3. The summed E-state index contributed by atoms with van der Waals surface area (Å²) in [6.07, 6.45) is 6.32. The van der Waals surface area contributed by atoms with Gasteiger partial charge in [-0.1, -0.05) is 12.1 Å². The molecular formula is C16H18N2O4. The first kappa shape index (κ1) is 17.2. The average molecular weight is 302 g/mol. The van der Waals surface area contributed by atoms with Gasteiger partial charge in [0.25, 0.3) is 5.91 Å². The Labute approximate surface area is 128 Å². The molecule has 6 heteroatoms. The molecular weight excluding hydrogens is 284 g/mol. The van der Waals surface area contributed by atoms with Crippen molar-refractivity contribution in [2.24, 2.45) is 0 Å². The van der Waals surface area contributed by atoms with Crippen molar-refractivity contribution in [1.29, 1.82) is 0 Å². The van der Waals surface area contributed by atoms with E-state index < -0.39 is 17.9 Å². The first-order valence-corrected chi connectivity index (χ1v) is 6.79. The Kier molecular flexibility index (Phi) is 6.64. The Morgan fingerprint density at radius 3 is 2.59 bits per heavy atom. The second-order valence-electron chi connectivity index (χ2n) is 4.69. The van der Waals surface area contributed by atoms with Crippen LogP contribution < -0.4 is 10.6 Å². The van der Waals surface area contributed by atoms with Gasteiger partial charge in [-0.25, -0.2) is 4.79 Å². The zero-order valence-electron chi connectivity index (χ0n) is 12.3. The van der Waals surface area contributed by atoms with Crippen LogP contribution in [-0.2, 0) is 9.59 Å². The van der Waals surface area contributed by atoms with Gasteiger partial charge in [0.05, 0.1) is 11.3 Å². The van der Waals surface area contributed by atoms with Gasteiger partial charge in [0.2, 0.25) is 5.91 Å². The van der Waals surface area contributed by atoms with Crippen molar-refractivity contribution < 1.29 is 19.5 Å². The molecule has 6 nitrogen and oxygen atoms in total. The molecule has 0 aromatic heterocycles. The fraction of sp³-hybridized carbons (Fsp3) is 0.312. The van der Waals surface area contributed by atoms with Crippen LogP contribution in [0.4, 0.5) is 5.69 Å². The van der Waals surface area contributed by atoms with Gasteiger partial charge in [-0.05, 0) is 25.0 Å². The minimum absolute atomic E-state index is 0.209. The molecule has 0 bridgehead atoms. The molecule has 0 fully saturated rings. The molecule has 1 aromatic carbocycles. The molecule has 0 heterocycles. The van der Waals surface area contributed by atoms with Crippen molar-refractivity contribution in [2.45, 2.75) is 32.2 Å². The number of benzene rings is 1. The number of terminal acetylenes is 1. The monoisotopic (exact) mass is 302 g/mol. The number of nitrogens with one attached hydrogen (secondary N) is 2. The summed E-state index contributed by atoms with van der Waals surface area (Å²) in [5.41, 5.74) is 0.543. The van der Waals surface area contributed by atoms with Crippen LogP contribution >= 0.6 is 0 Å². The Morgan fingerprint density at radius 1 is 1.32 bits per heavy atom. The number of carboxylic acid groups (broad SMARTS) is 1. The zero-order chi connectivity index (χ0) is 16.5. The van der Waals surface area contributed by atoms with E-state index in [9.17, 15) is 14.4 Å². The van der Waals surface area contributed by atoms with E-state index >= 15 is 0 Å². The number of hydrogen-bond donors (Lipinski definition) is 3. The number of carboxylic acids is 1. The summed E-state index contributed by atoms with van der Waals surface area (Å²) in [6.45, 7) is 1.33. The van der Waals surface area contributed by atoms with Gasteiger partial charge >= 0.3 is 5.97 Å². The Bertz CT molecular complexity index is 604. The third-order valence-electron chi connectivity index (χ3n) is 2.90. The van der Waals surface area contributed by atoms with Gasteiger partial charge in [-0.3, -0.25) is 9.59 Å². The highest BCUT2D eigenvalue weighted by molar-refractivity contribution is 6.04. The minimum atomic E-state index is -1.12. The summed E-state index contributed by atoms with van der Waals surface area (Å²) < 4.78 is 0. The number of anilines is 1. The molecule has 3 N–H and O–H groups in total. The van der Waals surface area contributed by atoms with Crippen molar-refractivity contribution >= 4 is 23.5 Å². The highest BCUT2D eigenvalue weighted by Crippen LogP contribution is 2.15. The smallest absolute Gasteiger partial charge is 0.326 e. The van der Waals surface area contributed by atoms with E-state index in [-0.39, 0.29) is 17.9 Å². The molecule has 1 atom stereocenters. The fourth-order valence-electron chi connectivity index (χ4n) is 1.88. The van der Waals surface area contributed by atoms with E-state index in [0.717, 1.165) is 0 Å². The van der Waals surface area contributed by atoms with E-state index in [1.165, 1.54) is 13.0 Å². The number of unbranched alkanes of at least 4 members (excludes halogenated alkanes) is 1. The van der Waals surface area contributed by atoms with Crippen LogP contribution in [-0.4, -0.2) is 28.9 Å². The van der Waals surface area contributed by atoms with Crippen molar-refractivity contribution in [3.8, 4) is 12.3 Å². The van der Waals surface area contributed by atoms with Gasteiger partial charge in [0.1, 0.15) is 6.04 Å². The number of aliphatic carboxylic acids is 1. The molecule has 22 heavy (non-hydrogen) atoms. The van der Waals surface area contributed by atoms with Crippen LogP contribution in [0.2, 0.25) is 0 Å². The molecule has 0 aliphatic carbocycles. The van der Waals surface area contributed by atoms with Crippen LogP contribution in [0.15, 0.2) is 24.3 Å². The first-order chi connectivity index (χ1) is 10.5. The number of carbonyl (C=O) groups excluding carboxylic acids is 2. The lowest BCUT2D eigenvalue weighted by atomic mass is 10.1. The normalized spacial score (nSPS) is 11.1. The molecule has 2 amide bonds. The maximum absolute atomic E-state index is 12.2. The van der Waals surface area contributed by atoms with Gasteiger partial charge in [-0.2, -0.15) is 0 Å². The molecule has 0 aliphatic rings. The second kappa shape index (κ2) is 8.47. The summed E-state index contributed by atoms with van der Waals surface area (Å²) in [7, 11) is 0. The largest absolute Gasteiger partial charge is 0.480 e. The molecule has 1 aromatic rings. The van der Waals surface area contributed by atoms with E-state index in [0.29, 0.717) is 18.5 Å². The van der Waals surface area contributed by atoms with Crippen molar-refractivity contribution in [2.75, 3.05) is 5.32 Å². The highest BCUT2D eigenvalue weighted by atomic mass is 16.4. The fourth-order valence-corrected chi connectivity index (χ4v) is 1.88. The molecule has 0 spiro atoms. The van der Waals surface area contributed by atoms with Crippen LogP contribution in [0.5, 0.6) is 0 Å². The lowest BCUT2D eigenvalue weighted by molar-refractivity contribution is -0.139. The SMILES string of the molecule is C#CCCC[C@H](NC(=O)c1ccccc1NC(C)=O)C(=O)O. The van der Waals surface area contributed by atoms with E-state index in [1.807, 2.05) is 0 Å². The number of rotatable bonds is 7. The van der Waals surface area contributed by atoms with Crippen LogP contribution in [0, 0.1) is 12.3 Å². The van der Waals surface area contributed by atoms with E-state index in [1.54, 1.807) is 18.2 Å². The Balaban J connectivity index is 2.84. The predicted molar refractivity (Wildman–Crippen MR) is 82.3 cm³/mol. The first-order valence-electron chi connectivity index (χ1n) is 6.79. The van der Waals surface area contributed by atoms with Gasteiger partial charge in [0.15, 0.2) is 0 Å². The summed E-state index contributed by atoms with van der Waals surface area (Å²) in [5, 5.41) is 14.1. The average Bonchev–Trinajstić information content (AvgIpc) is 2.46. The number of para-hydroxylation sites is 1. The summed E-state index contributed by atoms with van der Waals surface area (Å²) in [5.74, 6) is 0.428. The number of carbonyl (C=O) groups is 3. The lowest BCUT2D eigenvalue weighted by Gasteiger charge is -2.15. The second-order valence-corrected chi connectivity index (χ2v) is 4.69. The molecule has 0 radical (unpaired) electrons. The quantitative estimate of drug-likeness (QED) is 0.527. The van der Waals surface area contributed by atoms with Crippen molar-refractivity contribution in [1.82, 2.24) is 5.32 Å². The van der Waals surface area contributed by atoms with E-state index in [4.69, 9.17) is 11.5 Å². The molecule has 0 unspecified atom stereocenters. The van der Waals surface area contributed by atoms with Crippen LogP contribution in [0.3, 0.4) is 0 Å². The Hall–Kier alpha value is -2.81. The van der Waals surface area contributed by atoms with Gasteiger partial charge < -0.3 is 15.7 Å². The third kappa shape index (κ3) is 5.29. The van der Waals surface area contributed by atoms with Crippen LogP contribution in [0.1, 0.15) is 36.5 Å². The van der Waals surface area contributed by atoms with Crippen LogP contribution in [0.25, 0.3) is 0 Å². The number of amides is 2. The third-order valence-corrected chi connectivity index (χ3v) is 2.90. The summed E-state index contributed by atoms with van der Waals surface area (Å²) in [6, 6.07) is 5.37. The molecule has 0 aliphatic heterocycles. The van der Waals surface area contributed by atoms with Crippen molar-refractivity contribution in [3.05, 3.63) is 29.8 Å². The highest BCUT2D eigenvalue weighted by Gasteiger charge is 2.21. The molecule has 0 saturated heterocycles. The topological polar surface area (TPSA) is 95.5 Å². The molecule has 1 rings (SSSR count). The maximum Gasteiger partial charge on any atom is 0.326 e. The standard InChI is InChI=1S/C16H18N2O4/c1-3-4-5-10-14(16(21)22)18-15(20)12-8-6-7-9-13(12)17-11(2)19/h1,6-9,14H,4-5,10H2,2H3,(H,17,19)(H,18,20)(H,21,22)/t14-/m0/s1. The summed E-state index contributed by atoms with van der Waals surface area (Å²) >= 11 is 0. The predicted octanol–water partition coefficient (Wildman–Crippen LogP) is 1.63. The molecule has 0 saturated carbocycles. The van der Waals surface area contributed by atoms with Crippen molar-refractivity contribution in [3.63, 3.8) is 0 Å². The molecule has 116 valence electrons. The van der Waals surface area contributed by atoms with Gasteiger partial charge in [0, 0.05) is 13.3 Å². The van der Waals surface area contributed by atoms with E-state index in [2.05, 4.69) is 16.6 Å². The maximum atomic E-state index is 12.2. The number of hydrogen-bond acceptors (Lipinski definition) is 3. The summed E-state index contributed by atoms with van der Waals surface area (Å²) in [4.78, 5) is 34.6.